The van der Waals surface area contributed by atoms with Gasteiger partial charge in [-0.15, -0.1) is 0 Å². The summed E-state index contributed by atoms with van der Waals surface area (Å²) in [5.74, 6) is -0.939. The smallest absolute Gasteiger partial charge is 0.331 e. The van der Waals surface area contributed by atoms with Crippen LogP contribution in [0, 0.1) is 5.82 Å². The average molecular weight is 243 g/mol. The fourth-order valence-electron chi connectivity index (χ4n) is 1.19. The molecule has 0 aliphatic rings. The minimum Gasteiger partial charge on any atom is -0.463 e. The van der Waals surface area contributed by atoms with Crippen molar-refractivity contribution in [3.8, 4) is 0 Å². The Morgan fingerprint density at radius 2 is 2.25 bits per heavy atom. The van der Waals surface area contributed by atoms with Gasteiger partial charge in [0.05, 0.1) is 11.6 Å². The molecule has 4 heteroatoms. The third kappa shape index (κ3) is 3.35. The molecule has 0 bridgehead atoms. The van der Waals surface area contributed by atoms with E-state index in [9.17, 15) is 9.18 Å². The number of carbonyl (C=O) groups is 1. The zero-order valence-corrected chi connectivity index (χ0v) is 9.84. The molecule has 0 saturated carbocycles. The number of esters is 1. The summed E-state index contributed by atoms with van der Waals surface area (Å²) in [6.07, 6.45) is 1.33. The van der Waals surface area contributed by atoms with E-state index in [1.54, 1.807) is 19.9 Å². The standard InChI is InChI=1S/C12H12ClFO2/c1-3-16-12(15)6-8(2)9-4-5-10(13)11(14)7-9/h4-7H,3H2,1-2H3/b8-6+. The topological polar surface area (TPSA) is 26.3 Å². The highest BCUT2D eigenvalue weighted by Gasteiger charge is 2.04. The van der Waals surface area contributed by atoms with E-state index in [1.807, 2.05) is 0 Å². The molecule has 0 atom stereocenters. The van der Waals surface area contributed by atoms with Gasteiger partial charge in [0.1, 0.15) is 5.82 Å². The van der Waals surface area contributed by atoms with Crippen molar-refractivity contribution in [2.75, 3.05) is 6.61 Å². The maximum absolute atomic E-state index is 13.1. The van der Waals surface area contributed by atoms with Crippen LogP contribution in [0.15, 0.2) is 24.3 Å². The Morgan fingerprint density at radius 3 is 2.81 bits per heavy atom. The normalized spacial score (nSPS) is 11.4. The maximum Gasteiger partial charge on any atom is 0.331 e. The maximum atomic E-state index is 13.1. The average Bonchev–Trinajstić information content (AvgIpc) is 2.22. The molecule has 0 saturated heterocycles. The highest BCUT2D eigenvalue weighted by molar-refractivity contribution is 6.30. The molecule has 0 fully saturated rings. The first-order valence-corrected chi connectivity index (χ1v) is 5.23. The second kappa shape index (κ2) is 5.66. The van der Waals surface area contributed by atoms with Crippen molar-refractivity contribution in [2.45, 2.75) is 13.8 Å². The Labute approximate surface area is 98.7 Å². The summed E-state index contributed by atoms with van der Waals surface area (Å²) < 4.78 is 17.9. The summed E-state index contributed by atoms with van der Waals surface area (Å²) in [7, 11) is 0. The predicted octanol–water partition coefficient (Wildman–Crippen LogP) is 3.45. The summed E-state index contributed by atoms with van der Waals surface area (Å²) in [6, 6.07) is 4.39. The van der Waals surface area contributed by atoms with Gasteiger partial charge in [-0.3, -0.25) is 0 Å². The van der Waals surface area contributed by atoms with Crippen LogP contribution < -0.4 is 0 Å². The second-order valence-electron chi connectivity index (χ2n) is 3.21. The van der Waals surface area contributed by atoms with Crippen molar-refractivity contribution in [1.82, 2.24) is 0 Å². The molecule has 2 nitrogen and oxygen atoms in total. The lowest BCUT2D eigenvalue weighted by atomic mass is 10.1. The third-order valence-corrected chi connectivity index (χ3v) is 2.30. The predicted molar refractivity (Wildman–Crippen MR) is 61.7 cm³/mol. The van der Waals surface area contributed by atoms with Gasteiger partial charge < -0.3 is 4.74 Å². The van der Waals surface area contributed by atoms with E-state index in [-0.39, 0.29) is 5.02 Å². The number of hydrogen-bond acceptors (Lipinski definition) is 2. The monoisotopic (exact) mass is 242 g/mol. The minimum atomic E-state index is -0.504. The van der Waals surface area contributed by atoms with Gasteiger partial charge in [0.25, 0.3) is 0 Å². The molecule has 0 unspecified atom stereocenters. The van der Waals surface area contributed by atoms with E-state index in [0.29, 0.717) is 17.7 Å². The first-order chi connectivity index (χ1) is 7.54. The summed E-state index contributed by atoms with van der Waals surface area (Å²) in [6.45, 7) is 3.75. The molecule has 0 spiro atoms. The Kier molecular flexibility index (Phi) is 4.50. The van der Waals surface area contributed by atoms with Crippen LogP contribution in [-0.2, 0) is 9.53 Å². The molecule has 0 aliphatic carbocycles. The summed E-state index contributed by atoms with van der Waals surface area (Å²) >= 11 is 5.55. The lowest BCUT2D eigenvalue weighted by Crippen LogP contribution is -2.00. The van der Waals surface area contributed by atoms with E-state index in [1.165, 1.54) is 18.2 Å². The van der Waals surface area contributed by atoms with E-state index in [4.69, 9.17) is 16.3 Å². The van der Waals surface area contributed by atoms with Crippen molar-refractivity contribution in [3.63, 3.8) is 0 Å². The van der Waals surface area contributed by atoms with Gasteiger partial charge in [-0.05, 0) is 37.1 Å². The van der Waals surface area contributed by atoms with Crippen LogP contribution in [0.5, 0.6) is 0 Å². The van der Waals surface area contributed by atoms with Crippen LogP contribution in [0.2, 0.25) is 5.02 Å². The molecule has 0 radical (unpaired) electrons. The van der Waals surface area contributed by atoms with Crippen LogP contribution in [0.1, 0.15) is 19.4 Å². The summed E-state index contributed by atoms with van der Waals surface area (Å²) in [4.78, 5) is 11.2. The van der Waals surface area contributed by atoms with Crippen LogP contribution in [0.3, 0.4) is 0 Å². The molecule has 1 aromatic carbocycles. The number of halogens is 2. The molecular weight excluding hydrogens is 231 g/mol. The second-order valence-corrected chi connectivity index (χ2v) is 3.62. The van der Waals surface area contributed by atoms with E-state index in [0.717, 1.165) is 0 Å². The van der Waals surface area contributed by atoms with Gasteiger partial charge in [0.15, 0.2) is 0 Å². The zero-order chi connectivity index (χ0) is 12.1. The largest absolute Gasteiger partial charge is 0.463 e. The van der Waals surface area contributed by atoms with Gasteiger partial charge in [0.2, 0.25) is 0 Å². The van der Waals surface area contributed by atoms with Crippen LogP contribution in [0.25, 0.3) is 5.57 Å². The first-order valence-electron chi connectivity index (χ1n) is 4.85. The molecular formula is C12H12ClFO2. The zero-order valence-electron chi connectivity index (χ0n) is 9.09. The van der Waals surface area contributed by atoms with Crippen LogP contribution in [0.4, 0.5) is 4.39 Å². The third-order valence-electron chi connectivity index (χ3n) is 2.00. The van der Waals surface area contributed by atoms with Crippen LogP contribution >= 0.6 is 11.6 Å². The number of ether oxygens (including phenoxy) is 1. The molecule has 86 valence electrons. The van der Waals surface area contributed by atoms with Crippen LogP contribution in [-0.4, -0.2) is 12.6 Å². The first kappa shape index (κ1) is 12.7. The molecule has 0 aromatic heterocycles. The van der Waals surface area contributed by atoms with Gasteiger partial charge >= 0.3 is 5.97 Å². The summed E-state index contributed by atoms with van der Waals surface area (Å²) in [5.41, 5.74) is 1.24. The minimum absolute atomic E-state index is 0.0627. The van der Waals surface area contributed by atoms with Crippen molar-refractivity contribution in [2.24, 2.45) is 0 Å². The fourth-order valence-corrected chi connectivity index (χ4v) is 1.30. The lowest BCUT2D eigenvalue weighted by molar-refractivity contribution is -0.137. The fraction of sp³-hybridized carbons (Fsp3) is 0.250. The van der Waals surface area contributed by atoms with Gasteiger partial charge in [-0.1, -0.05) is 17.7 Å². The quantitative estimate of drug-likeness (QED) is 0.600. The summed E-state index contributed by atoms with van der Waals surface area (Å²) in [5, 5.41) is 0.0627. The lowest BCUT2D eigenvalue weighted by Gasteiger charge is -2.03. The Morgan fingerprint density at radius 1 is 1.56 bits per heavy atom. The molecule has 16 heavy (non-hydrogen) atoms. The SMILES string of the molecule is CCOC(=O)/C=C(\C)c1ccc(Cl)c(F)c1. The number of carbonyl (C=O) groups excluding carboxylic acids is 1. The number of hydrogen-bond donors (Lipinski definition) is 0. The van der Waals surface area contributed by atoms with E-state index < -0.39 is 11.8 Å². The van der Waals surface area contributed by atoms with Gasteiger partial charge in [-0.2, -0.15) is 0 Å². The van der Waals surface area contributed by atoms with Gasteiger partial charge in [-0.25, -0.2) is 9.18 Å². The Balaban J connectivity index is 2.91. The molecule has 1 aromatic rings. The molecule has 1 rings (SSSR count). The Bertz CT molecular complexity index is 427. The molecule has 0 heterocycles. The Hall–Kier alpha value is -1.35. The van der Waals surface area contributed by atoms with Crippen molar-refractivity contribution < 1.29 is 13.9 Å². The number of allylic oxidation sites excluding steroid dienone is 1. The molecule has 0 amide bonds. The van der Waals surface area contributed by atoms with Gasteiger partial charge in [0, 0.05) is 6.08 Å². The van der Waals surface area contributed by atoms with Crippen molar-refractivity contribution in [3.05, 3.63) is 40.7 Å². The highest BCUT2D eigenvalue weighted by Crippen LogP contribution is 2.20. The molecule has 0 N–H and O–H groups in total. The van der Waals surface area contributed by atoms with Crippen molar-refractivity contribution >= 4 is 23.1 Å². The van der Waals surface area contributed by atoms with Crippen molar-refractivity contribution in [1.29, 1.82) is 0 Å². The number of rotatable bonds is 3. The number of benzene rings is 1. The van der Waals surface area contributed by atoms with E-state index in [2.05, 4.69) is 0 Å². The van der Waals surface area contributed by atoms with E-state index >= 15 is 0 Å². The molecule has 0 aliphatic heterocycles. The highest BCUT2D eigenvalue weighted by atomic mass is 35.5.